The second-order valence-corrected chi connectivity index (χ2v) is 4.15. The highest BCUT2D eigenvalue weighted by Crippen LogP contribution is 2.12. The predicted molar refractivity (Wildman–Crippen MR) is 68.9 cm³/mol. The van der Waals surface area contributed by atoms with E-state index in [1.54, 1.807) is 0 Å². The van der Waals surface area contributed by atoms with Gasteiger partial charge in [-0.15, -0.1) is 0 Å². The molecule has 16 heavy (non-hydrogen) atoms. The highest BCUT2D eigenvalue weighted by Gasteiger charge is 1.95. The highest BCUT2D eigenvalue weighted by atomic mass is 35.5. The summed E-state index contributed by atoms with van der Waals surface area (Å²) in [6.07, 6.45) is 1.03. The van der Waals surface area contributed by atoms with Crippen molar-refractivity contribution >= 4 is 11.6 Å². The van der Waals surface area contributed by atoms with Gasteiger partial charge in [-0.1, -0.05) is 37.2 Å². The maximum absolute atomic E-state index is 5.65. The lowest BCUT2D eigenvalue weighted by molar-refractivity contribution is 0.317. The highest BCUT2D eigenvalue weighted by molar-refractivity contribution is 6.29. The Hall–Kier alpha value is -0.990. The summed E-state index contributed by atoms with van der Waals surface area (Å²) in [5.74, 6) is 0.923. The fraction of sp³-hybridized carbons (Fsp3) is 0.385. The summed E-state index contributed by atoms with van der Waals surface area (Å²) in [5, 5.41) is 3.82. The molecule has 0 spiro atoms. The van der Waals surface area contributed by atoms with E-state index < -0.39 is 0 Å². The van der Waals surface area contributed by atoms with Gasteiger partial charge in [-0.3, -0.25) is 0 Å². The molecule has 1 N–H and O–H groups in total. The molecule has 0 saturated carbocycles. The van der Waals surface area contributed by atoms with E-state index in [0.29, 0.717) is 11.6 Å². The lowest BCUT2D eigenvalue weighted by Crippen LogP contribution is -2.14. The van der Waals surface area contributed by atoms with Crippen LogP contribution in [0.1, 0.15) is 18.9 Å². The van der Waals surface area contributed by atoms with Gasteiger partial charge in [0, 0.05) is 18.1 Å². The van der Waals surface area contributed by atoms with Gasteiger partial charge in [0.1, 0.15) is 5.75 Å². The fourth-order valence-corrected chi connectivity index (χ4v) is 1.36. The summed E-state index contributed by atoms with van der Waals surface area (Å²) in [7, 11) is 0. The van der Waals surface area contributed by atoms with Crippen molar-refractivity contribution in [3.05, 3.63) is 41.4 Å². The first-order valence-corrected chi connectivity index (χ1v) is 5.86. The van der Waals surface area contributed by atoms with Crippen LogP contribution in [0, 0.1) is 0 Å². The zero-order valence-electron chi connectivity index (χ0n) is 9.63. The molecule has 0 fully saturated rings. The summed E-state index contributed by atoms with van der Waals surface area (Å²) in [5.41, 5.74) is 1.21. The summed E-state index contributed by atoms with van der Waals surface area (Å²) >= 11 is 5.65. The van der Waals surface area contributed by atoms with Crippen LogP contribution in [0.4, 0.5) is 0 Å². The second kappa shape index (κ2) is 7.31. The van der Waals surface area contributed by atoms with Crippen molar-refractivity contribution in [2.75, 3.05) is 13.2 Å². The van der Waals surface area contributed by atoms with Gasteiger partial charge in [0.25, 0.3) is 0 Å². The molecule has 1 aromatic carbocycles. The molecule has 1 aromatic rings. The third-order valence-corrected chi connectivity index (χ3v) is 2.18. The Morgan fingerprint density at radius 3 is 2.62 bits per heavy atom. The lowest BCUT2D eigenvalue weighted by atomic mass is 10.2. The average Bonchev–Trinajstić information content (AvgIpc) is 2.27. The first-order chi connectivity index (χ1) is 7.72. The molecule has 3 heteroatoms. The normalized spacial score (nSPS) is 10.1. The Morgan fingerprint density at radius 2 is 2.06 bits per heavy atom. The summed E-state index contributed by atoms with van der Waals surface area (Å²) in [4.78, 5) is 0. The topological polar surface area (TPSA) is 21.3 Å². The van der Waals surface area contributed by atoms with Crippen molar-refractivity contribution < 1.29 is 4.74 Å². The van der Waals surface area contributed by atoms with Crippen molar-refractivity contribution in [1.29, 1.82) is 0 Å². The second-order valence-electron chi connectivity index (χ2n) is 3.61. The minimum Gasteiger partial charge on any atom is -0.494 e. The standard InChI is InChI=1S/C13H18ClNO/c1-3-8-16-13-6-4-12(5-7-13)10-15-9-11(2)14/h4-7,15H,2-3,8-10H2,1H3. The molecule has 88 valence electrons. The van der Waals surface area contributed by atoms with E-state index in [1.807, 2.05) is 12.1 Å². The van der Waals surface area contributed by atoms with Crippen LogP contribution in [-0.2, 0) is 6.54 Å². The Bertz CT molecular complexity index is 321. The van der Waals surface area contributed by atoms with Crippen LogP contribution < -0.4 is 10.1 Å². The van der Waals surface area contributed by atoms with Gasteiger partial charge in [0.05, 0.1) is 6.61 Å². The van der Waals surface area contributed by atoms with Crippen LogP contribution in [0.3, 0.4) is 0 Å². The molecule has 0 heterocycles. The number of hydrogen-bond acceptors (Lipinski definition) is 2. The van der Waals surface area contributed by atoms with Gasteiger partial charge in [-0.25, -0.2) is 0 Å². The predicted octanol–water partition coefficient (Wildman–Crippen LogP) is 3.32. The van der Waals surface area contributed by atoms with E-state index in [9.17, 15) is 0 Å². The van der Waals surface area contributed by atoms with Gasteiger partial charge in [0.2, 0.25) is 0 Å². The smallest absolute Gasteiger partial charge is 0.119 e. The zero-order chi connectivity index (χ0) is 11.8. The quantitative estimate of drug-likeness (QED) is 0.788. The van der Waals surface area contributed by atoms with Crippen LogP contribution >= 0.6 is 11.6 Å². The van der Waals surface area contributed by atoms with Gasteiger partial charge < -0.3 is 10.1 Å². The van der Waals surface area contributed by atoms with E-state index in [4.69, 9.17) is 16.3 Å². The molecular formula is C13H18ClNO. The Balaban J connectivity index is 2.36. The number of halogens is 1. The van der Waals surface area contributed by atoms with E-state index in [2.05, 4.69) is 31.0 Å². The first kappa shape index (κ1) is 13.1. The summed E-state index contributed by atoms with van der Waals surface area (Å²) < 4.78 is 5.50. The van der Waals surface area contributed by atoms with Crippen molar-refractivity contribution in [1.82, 2.24) is 5.32 Å². The SMILES string of the molecule is C=C(Cl)CNCc1ccc(OCCC)cc1. The van der Waals surface area contributed by atoms with E-state index in [0.717, 1.165) is 25.3 Å². The number of ether oxygens (including phenoxy) is 1. The lowest BCUT2D eigenvalue weighted by Gasteiger charge is -2.06. The molecule has 1 rings (SSSR count). The van der Waals surface area contributed by atoms with Gasteiger partial charge >= 0.3 is 0 Å². The molecule has 0 aliphatic rings. The van der Waals surface area contributed by atoms with Crippen molar-refractivity contribution in [3.8, 4) is 5.75 Å². The maximum Gasteiger partial charge on any atom is 0.119 e. The first-order valence-electron chi connectivity index (χ1n) is 5.48. The van der Waals surface area contributed by atoms with Crippen molar-refractivity contribution in [2.24, 2.45) is 0 Å². The number of nitrogens with one attached hydrogen (secondary N) is 1. The molecule has 0 bridgehead atoms. The Morgan fingerprint density at radius 1 is 1.38 bits per heavy atom. The zero-order valence-corrected chi connectivity index (χ0v) is 10.4. The molecule has 0 amide bonds. The van der Waals surface area contributed by atoms with E-state index in [-0.39, 0.29) is 0 Å². The molecular weight excluding hydrogens is 222 g/mol. The minimum atomic E-state index is 0.628. The third kappa shape index (κ3) is 5.19. The number of rotatable bonds is 7. The van der Waals surface area contributed by atoms with Crippen LogP contribution in [0.25, 0.3) is 0 Å². The summed E-state index contributed by atoms with van der Waals surface area (Å²) in [6.45, 7) is 7.91. The largest absolute Gasteiger partial charge is 0.494 e. The summed E-state index contributed by atoms with van der Waals surface area (Å²) in [6, 6.07) is 8.08. The fourth-order valence-electron chi connectivity index (χ4n) is 1.27. The maximum atomic E-state index is 5.65. The van der Waals surface area contributed by atoms with Crippen molar-refractivity contribution in [3.63, 3.8) is 0 Å². The van der Waals surface area contributed by atoms with E-state index >= 15 is 0 Å². The Kier molecular flexibility index (Phi) is 5.98. The molecule has 0 aromatic heterocycles. The van der Waals surface area contributed by atoms with Crippen LogP contribution in [0.2, 0.25) is 0 Å². The molecule has 0 unspecified atom stereocenters. The van der Waals surface area contributed by atoms with Gasteiger partial charge in [-0.2, -0.15) is 0 Å². The average molecular weight is 240 g/mol. The third-order valence-electron chi connectivity index (χ3n) is 2.04. The molecule has 0 atom stereocenters. The molecule has 0 radical (unpaired) electrons. The molecule has 2 nitrogen and oxygen atoms in total. The van der Waals surface area contributed by atoms with Gasteiger partial charge in [-0.05, 0) is 24.1 Å². The van der Waals surface area contributed by atoms with Crippen molar-refractivity contribution in [2.45, 2.75) is 19.9 Å². The molecule has 0 saturated heterocycles. The Labute approximate surface area is 102 Å². The van der Waals surface area contributed by atoms with Crippen LogP contribution in [0.5, 0.6) is 5.75 Å². The monoisotopic (exact) mass is 239 g/mol. The molecule has 0 aliphatic heterocycles. The van der Waals surface area contributed by atoms with E-state index in [1.165, 1.54) is 5.56 Å². The number of hydrogen-bond donors (Lipinski definition) is 1. The van der Waals surface area contributed by atoms with Gasteiger partial charge in [0.15, 0.2) is 0 Å². The number of benzene rings is 1. The molecule has 0 aliphatic carbocycles. The van der Waals surface area contributed by atoms with Crippen LogP contribution in [-0.4, -0.2) is 13.2 Å². The minimum absolute atomic E-state index is 0.628. The van der Waals surface area contributed by atoms with Crippen LogP contribution in [0.15, 0.2) is 35.9 Å².